The van der Waals surface area contributed by atoms with E-state index in [9.17, 15) is 13.5 Å². The maximum atomic E-state index is 13.0. The third kappa shape index (κ3) is 5.71. The molecule has 10 heteroatoms. The molecular formula is C26H27ClN4O3S2. The van der Waals surface area contributed by atoms with Crippen molar-refractivity contribution in [2.45, 2.75) is 38.3 Å². The van der Waals surface area contributed by atoms with Gasteiger partial charge in [0, 0.05) is 21.3 Å². The van der Waals surface area contributed by atoms with Crippen LogP contribution in [0.1, 0.15) is 41.9 Å². The predicted molar refractivity (Wildman–Crippen MR) is 146 cm³/mol. The highest BCUT2D eigenvalue weighted by atomic mass is 35.5. The molecule has 188 valence electrons. The minimum atomic E-state index is -3.58. The Kier molecular flexibility index (Phi) is 7.02. The first-order valence-corrected chi connectivity index (χ1v) is 14.6. The Morgan fingerprint density at radius 2 is 2.03 bits per heavy atom. The second-order valence-electron chi connectivity index (χ2n) is 9.35. The van der Waals surface area contributed by atoms with E-state index < -0.39 is 22.2 Å². The standard InChI is InChI=1S/C26H27ClN4O3S2/c1-15(32)11-17-9-10-29-21(12-17)19-4-2-3-18-13-22(35-26(18)19)25(24-20(27)7-8-23(28)30-24)31-36(33,34)14-16-5-6-16/h2-4,7-10,12-13,15-16,25,31-32H,5-6,11,14H2,1H3,(H2,28,30). The lowest BCUT2D eigenvalue weighted by molar-refractivity contribution is 0.195. The number of nitrogens with one attached hydrogen (secondary N) is 1. The van der Waals surface area contributed by atoms with Gasteiger partial charge in [-0.3, -0.25) is 4.98 Å². The van der Waals surface area contributed by atoms with Crippen LogP contribution in [0.25, 0.3) is 21.3 Å². The molecule has 4 N–H and O–H groups in total. The number of aliphatic hydroxyl groups is 1. The number of nitrogens with zero attached hydrogens (tertiary/aromatic N) is 2. The highest BCUT2D eigenvalue weighted by Crippen LogP contribution is 2.40. The van der Waals surface area contributed by atoms with E-state index in [1.54, 1.807) is 25.3 Å². The number of nitrogens with two attached hydrogens (primary N) is 1. The highest BCUT2D eigenvalue weighted by molar-refractivity contribution is 7.89. The van der Waals surface area contributed by atoms with Gasteiger partial charge in [-0.2, -0.15) is 0 Å². The van der Waals surface area contributed by atoms with Crippen molar-refractivity contribution in [3.8, 4) is 11.3 Å². The molecule has 0 saturated heterocycles. The number of nitrogen functional groups attached to an aromatic ring is 1. The molecule has 5 rings (SSSR count). The minimum absolute atomic E-state index is 0.0829. The van der Waals surface area contributed by atoms with Crippen LogP contribution >= 0.6 is 22.9 Å². The molecule has 3 aromatic heterocycles. The summed E-state index contributed by atoms with van der Waals surface area (Å²) in [5.41, 5.74) is 9.04. The van der Waals surface area contributed by atoms with Gasteiger partial charge in [-0.25, -0.2) is 18.1 Å². The van der Waals surface area contributed by atoms with E-state index in [-0.39, 0.29) is 17.5 Å². The van der Waals surface area contributed by atoms with E-state index in [0.29, 0.717) is 17.1 Å². The summed E-state index contributed by atoms with van der Waals surface area (Å²) in [6, 6.07) is 14.2. The number of fused-ring (bicyclic) bond motifs is 1. The lowest BCUT2D eigenvalue weighted by Gasteiger charge is -2.18. The molecule has 1 aliphatic rings. The first kappa shape index (κ1) is 25.1. The molecular weight excluding hydrogens is 516 g/mol. The first-order valence-electron chi connectivity index (χ1n) is 11.8. The van der Waals surface area contributed by atoms with Crippen LogP contribution in [0.4, 0.5) is 5.82 Å². The Morgan fingerprint density at radius 1 is 1.22 bits per heavy atom. The van der Waals surface area contributed by atoms with Gasteiger partial charge in [-0.15, -0.1) is 11.3 Å². The van der Waals surface area contributed by atoms with Gasteiger partial charge >= 0.3 is 0 Å². The number of pyridine rings is 2. The van der Waals surface area contributed by atoms with Crippen molar-refractivity contribution < 1.29 is 13.5 Å². The second-order valence-corrected chi connectivity index (χ2v) is 12.6. The highest BCUT2D eigenvalue weighted by Gasteiger charge is 2.32. The summed E-state index contributed by atoms with van der Waals surface area (Å²) >= 11 is 7.97. The lowest BCUT2D eigenvalue weighted by Crippen LogP contribution is -2.32. The predicted octanol–water partition coefficient (Wildman–Crippen LogP) is 4.94. The quantitative estimate of drug-likeness (QED) is 0.276. The van der Waals surface area contributed by atoms with Gasteiger partial charge in [0.05, 0.1) is 34.3 Å². The molecule has 2 unspecified atom stereocenters. The number of thiophene rings is 1. The molecule has 7 nitrogen and oxygen atoms in total. The Hall–Kier alpha value is -2.56. The van der Waals surface area contributed by atoms with E-state index in [4.69, 9.17) is 17.3 Å². The number of halogens is 1. The summed E-state index contributed by atoms with van der Waals surface area (Å²) < 4.78 is 29.9. The van der Waals surface area contributed by atoms with Crippen molar-refractivity contribution in [3.63, 3.8) is 0 Å². The molecule has 36 heavy (non-hydrogen) atoms. The molecule has 3 heterocycles. The number of hydrogen-bond donors (Lipinski definition) is 3. The van der Waals surface area contributed by atoms with Gasteiger partial charge in [-0.1, -0.05) is 29.8 Å². The number of aliphatic hydroxyl groups excluding tert-OH is 1. The van der Waals surface area contributed by atoms with Gasteiger partial charge in [0.25, 0.3) is 0 Å². The van der Waals surface area contributed by atoms with Crippen LogP contribution < -0.4 is 10.5 Å². The smallest absolute Gasteiger partial charge is 0.212 e. The van der Waals surface area contributed by atoms with Crippen LogP contribution in [0.15, 0.2) is 54.7 Å². The molecule has 0 amide bonds. The number of anilines is 1. The summed E-state index contributed by atoms with van der Waals surface area (Å²) in [6.07, 6.45) is 3.67. The van der Waals surface area contributed by atoms with Gasteiger partial charge in [0.1, 0.15) is 5.82 Å². The Balaban J connectivity index is 1.60. The molecule has 0 spiro atoms. The fourth-order valence-electron chi connectivity index (χ4n) is 4.26. The summed E-state index contributed by atoms with van der Waals surface area (Å²) in [4.78, 5) is 9.74. The van der Waals surface area contributed by atoms with Crippen molar-refractivity contribution in [1.29, 1.82) is 0 Å². The summed E-state index contributed by atoms with van der Waals surface area (Å²) in [5.74, 6) is 0.544. The molecule has 1 aliphatic carbocycles. The average Bonchev–Trinajstić information content (AvgIpc) is 3.51. The van der Waals surface area contributed by atoms with Crippen LogP contribution in [-0.2, 0) is 16.4 Å². The number of sulfonamides is 1. The van der Waals surface area contributed by atoms with E-state index in [1.807, 2.05) is 36.4 Å². The number of hydrogen-bond acceptors (Lipinski definition) is 7. The van der Waals surface area contributed by atoms with E-state index in [2.05, 4.69) is 14.7 Å². The van der Waals surface area contributed by atoms with Crippen molar-refractivity contribution >= 4 is 48.9 Å². The van der Waals surface area contributed by atoms with Gasteiger partial charge in [0.2, 0.25) is 10.0 Å². The fraction of sp³-hybridized carbons (Fsp3) is 0.308. The van der Waals surface area contributed by atoms with Crippen LogP contribution in [0.5, 0.6) is 0 Å². The van der Waals surface area contributed by atoms with Crippen molar-refractivity contribution in [2.24, 2.45) is 5.92 Å². The van der Waals surface area contributed by atoms with Gasteiger partial charge < -0.3 is 10.8 Å². The van der Waals surface area contributed by atoms with Crippen molar-refractivity contribution in [1.82, 2.24) is 14.7 Å². The molecule has 4 aromatic rings. The van der Waals surface area contributed by atoms with Crippen LogP contribution in [0, 0.1) is 5.92 Å². The minimum Gasteiger partial charge on any atom is -0.393 e. The van der Waals surface area contributed by atoms with Crippen LogP contribution in [0.2, 0.25) is 5.02 Å². The second kappa shape index (κ2) is 10.1. The molecule has 1 saturated carbocycles. The lowest BCUT2D eigenvalue weighted by atomic mass is 10.0. The third-order valence-electron chi connectivity index (χ3n) is 6.10. The molecule has 1 aromatic carbocycles. The number of rotatable bonds is 9. The maximum Gasteiger partial charge on any atom is 0.212 e. The van der Waals surface area contributed by atoms with Crippen LogP contribution in [-0.4, -0.2) is 35.3 Å². The largest absolute Gasteiger partial charge is 0.393 e. The zero-order valence-electron chi connectivity index (χ0n) is 19.7. The van der Waals surface area contributed by atoms with Gasteiger partial charge in [-0.05, 0) is 73.4 Å². The molecule has 0 radical (unpaired) electrons. The third-order valence-corrected chi connectivity index (χ3v) is 9.17. The van der Waals surface area contributed by atoms with E-state index in [0.717, 1.165) is 44.6 Å². The summed E-state index contributed by atoms with van der Waals surface area (Å²) in [5, 5.41) is 11.1. The maximum absolute atomic E-state index is 13.0. The SMILES string of the molecule is CC(O)Cc1ccnc(-c2cccc3cc(C(NS(=O)(=O)CC4CC4)c4nc(N)ccc4Cl)sc23)c1. The topological polar surface area (TPSA) is 118 Å². The molecule has 2 atom stereocenters. The fourth-order valence-corrected chi connectivity index (χ4v) is 7.44. The summed E-state index contributed by atoms with van der Waals surface area (Å²) in [7, 11) is -3.58. The first-order chi connectivity index (χ1) is 17.2. The average molecular weight is 543 g/mol. The zero-order valence-corrected chi connectivity index (χ0v) is 22.1. The normalized spacial score (nSPS) is 15.8. The number of benzene rings is 1. The van der Waals surface area contributed by atoms with Gasteiger partial charge in [0.15, 0.2) is 0 Å². The Morgan fingerprint density at radius 3 is 2.78 bits per heavy atom. The molecule has 0 aliphatic heterocycles. The monoisotopic (exact) mass is 542 g/mol. The van der Waals surface area contributed by atoms with Crippen LogP contribution in [0.3, 0.4) is 0 Å². The van der Waals surface area contributed by atoms with Crippen molar-refractivity contribution in [2.75, 3.05) is 11.5 Å². The van der Waals surface area contributed by atoms with E-state index in [1.165, 1.54) is 11.3 Å². The number of aromatic nitrogens is 2. The van der Waals surface area contributed by atoms with E-state index >= 15 is 0 Å². The zero-order chi connectivity index (χ0) is 25.4. The molecule has 0 bridgehead atoms. The summed E-state index contributed by atoms with van der Waals surface area (Å²) in [6.45, 7) is 1.76. The van der Waals surface area contributed by atoms with Crippen molar-refractivity contribution in [3.05, 3.63) is 75.9 Å². The Bertz CT molecular complexity index is 1520. The Labute approximate surface area is 219 Å². The molecule has 1 fully saturated rings.